The maximum atomic E-state index is 11.9. The molecule has 0 spiro atoms. The molecule has 1 aromatic rings. The summed E-state index contributed by atoms with van der Waals surface area (Å²) in [5.74, 6) is -0.148. The van der Waals surface area contributed by atoms with Gasteiger partial charge in [-0.15, -0.1) is 12.4 Å². The second kappa shape index (κ2) is 8.73. The van der Waals surface area contributed by atoms with Gasteiger partial charge >= 0.3 is 0 Å². The summed E-state index contributed by atoms with van der Waals surface area (Å²) >= 11 is 0. The molecule has 122 valence electrons. The van der Waals surface area contributed by atoms with Crippen molar-refractivity contribution in [3.8, 4) is 0 Å². The quantitative estimate of drug-likeness (QED) is 0.869. The van der Waals surface area contributed by atoms with E-state index in [-0.39, 0.29) is 30.3 Å². The Bertz CT molecular complexity index is 499. The molecule has 2 rings (SSSR count). The Morgan fingerprint density at radius 1 is 1.32 bits per heavy atom. The van der Waals surface area contributed by atoms with Crippen LogP contribution in [0.15, 0.2) is 24.3 Å². The van der Waals surface area contributed by atoms with E-state index >= 15 is 0 Å². The third-order valence-corrected chi connectivity index (χ3v) is 3.24. The highest BCUT2D eigenvalue weighted by Gasteiger charge is 2.17. The topological polar surface area (TPSA) is 70.7 Å². The molecule has 0 bridgehead atoms. The molecule has 22 heavy (non-hydrogen) atoms. The molecule has 0 saturated carbocycles. The van der Waals surface area contributed by atoms with Gasteiger partial charge in [-0.2, -0.15) is 0 Å². The van der Waals surface area contributed by atoms with Crippen molar-refractivity contribution in [1.82, 2.24) is 10.2 Å². The molecule has 1 saturated heterocycles. The number of anilines is 1. The number of halogens is 1. The minimum Gasteiger partial charge on any atom is -0.375 e. The first-order valence-corrected chi connectivity index (χ1v) is 7.00. The SMILES string of the molecule is CN(C)C(=O)c1ccc(NC(=O)CC2CNCCO2)cc1.Cl. The van der Waals surface area contributed by atoms with Gasteiger partial charge in [0.1, 0.15) is 0 Å². The maximum absolute atomic E-state index is 11.9. The average Bonchev–Trinajstić information content (AvgIpc) is 2.48. The lowest BCUT2D eigenvalue weighted by atomic mass is 10.1. The molecule has 1 aliphatic rings. The monoisotopic (exact) mass is 327 g/mol. The van der Waals surface area contributed by atoms with Crippen LogP contribution in [0.1, 0.15) is 16.8 Å². The fraction of sp³-hybridized carbons (Fsp3) is 0.467. The summed E-state index contributed by atoms with van der Waals surface area (Å²) in [5.41, 5.74) is 1.27. The summed E-state index contributed by atoms with van der Waals surface area (Å²) < 4.78 is 5.49. The van der Waals surface area contributed by atoms with Crippen LogP contribution in [0.4, 0.5) is 5.69 Å². The number of hydrogen-bond acceptors (Lipinski definition) is 4. The van der Waals surface area contributed by atoms with Crippen molar-refractivity contribution in [3.05, 3.63) is 29.8 Å². The van der Waals surface area contributed by atoms with Crippen molar-refractivity contribution in [2.24, 2.45) is 0 Å². The van der Waals surface area contributed by atoms with Crippen LogP contribution in [0.3, 0.4) is 0 Å². The molecule has 6 nitrogen and oxygen atoms in total. The van der Waals surface area contributed by atoms with Crippen LogP contribution in [0.25, 0.3) is 0 Å². The predicted octanol–water partition coefficient (Wildman–Crippen LogP) is 1.13. The largest absolute Gasteiger partial charge is 0.375 e. The summed E-state index contributed by atoms with van der Waals surface area (Å²) in [7, 11) is 3.41. The van der Waals surface area contributed by atoms with Crippen molar-refractivity contribution < 1.29 is 14.3 Å². The van der Waals surface area contributed by atoms with E-state index in [0.29, 0.717) is 30.8 Å². The van der Waals surface area contributed by atoms with Crippen LogP contribution in [-0.4, -0.2) is 56.6 Å². The van der Waals surface area contributed by atoms with E-state index < -0.39 is 0 Å². The smallest absolute Gasteiger partial charge is 0.253 e. The van der Waals surface area contributed by atoms with Gasteiger partial charge in [-0.05, 0) is 24.3 Å². The number of nitrogens with one attached hydrogen (secondary N) is 2. The van der Waals surface area contributed by atoms with Crippen molar-refractivity contribution in [2.45, 2.75) is 12.5 Å². The molecule has 1 aromatic carbocycles. The lowest BCUT2D eigenvalue weighted by Crippen LogP contribution is -2.40. The molecule has 0 aromatic heterocycles. The van der Waals surface area contributed by atoms with Gasteiger partial charge in [-0.1, -0.05) is 0 Å². The number of morpholine rings is 1. The molecular formula is C15H22ClN3O3. The van der Waals surface area contributed by atoms with Crippen molar-refractivity contribution >= 4 is 29.9 Å². The number of hydrogen-bond donors (Lipinski definition) is 2. The Morgan fingerprint density at radius 2 is 2.00 bits per heavy atom. The van der Waals surface area contributed by atoms with Gasteiger partial charge in [-0.25, -0.2) is 0 Å². The molecular weight excluding hydrogens is 306 g/mol. The lowest BCUT2D eigenvalue weighted by Gasteiger charge is -2.23. The summed E-state index contributed by atoms with van der Waals surface area (Å²) in [6.45, 7) is 2.17. The average molecular weight is 328 g/mol. The highest BCUT2D eigenvalue weighted by atomic mass is 35.5. The summed E-state index contributed by atoms with van der Waals surface area (Å²) in [4.78, 5) is 25.2. The predicted molar refractivity (Wildman–Crippen MR) is 87.6 cm³/mol. The minimum absolute atomic E-state index is 0. The van der Waals surface area contributed by atoms with Crippen LogP contribution >= 0.6 is 12.4 Å². The standard InChI is InChI=1S/C15H21N3O3.ClH/c1-18(2)15(20)11-3-5-12(6-4-11)17-14(19)9-13-10-16-7-8-21-13;/h3-6,13,16H,7-10H2,1-2H3,(H,17,19);1H. The third kappa shape index (κ3) is 5.29. The summed E-state index contributed by atoms with van der Waals surface area (Å²) in [5, 5.41) is 6.00. The van der Waals surface area contributed by atoms with E-state index in [1.54, 1.807) is 38.4 Å². The molecule has 2 N–H and O–H groups in total. The first-order chi connectivity index (χ1) is 10.1. The fourth-order valence-electron chi connectivity index (χ4n) is 2.12. The van der Waals surface area contributed by atoms with E-state index in [1.165, 1.54) is 4.90 Å². The van der Waals surface area contributed by atoms with Crippen molar-refractivity contribution in [3.63, 3.8) is 0 Å². The van der Waals surface area contributed by atoms with Crippen LogP contribution in [0.2, 0.25) is 0 Å². The maximum Gasteiger partial charge on any atom is 0.253 e. The van der Waals surface area contributed by atoms with E-state index in [9.17, 15) is 9.59 Å². The van der Waals surface area contributed by atoms with Gasteiger partial charge in [0.2, 0.25) is 5.91 Å². The number of ether oxygens (including phenoxy) is 1. The van der Waals surface area contributed by atoms with E-state index in [1.807, 2.05) is 0 Å². The molecule has 7 heteroatoms. The molecule has 1 heterocycles. The van der Waals surface area contributed by atoms with Crippen LogP contribution in [0.5, 0.6) is 0 Å². The van der Waals surface area contributed by atoms with Gasteiger partial charge < -0.3 is 20.3 Å². The fourth-order valence-corrected chi connectivity index (χ4v) is 2.12. The highest BCUT2D eigenvalue weighted by molar-refractivity contribution is 5.95. The number of carbonyl (C=O) groups is 2. The Kier molecular flexibility index (Phi) is 7.31. The third-order valence-electron chi connectivity index (χ3n) is 3.24. The summed E-state index contributed by atoms with van der Waals surface area (Å²) in [6, 6.07) is 6.87. The van der Waals surface area contributed by atoms with Crippen molar-refractivity contribution in [1.29, 1.82) is 0 Å². The van der Waals surface area contributed by atoms with Gasteiger partial charge in [0.05, 0.1) is 19.1 Å². The Morgan fingerprint density at radius 3 is 2.55 bits per heavy atom. The van der Waals surface area contributed by atoms with Crippen molar-refractivity contribution in [2.75, 3.05) is 39.1 Å². The zero-order chi connectivity index (χ0) is 15.2. The van der Waals surface area contributed by atoms with E-state index in [0.717, 1.165) is 6.54 Å². The first-order valence-electron chi connectivity index (χ1n) is 7.00. The highest BCUT2D eigenvalue weighted by Crippen LogP contribution is 2.12. The van der Waals surface area contributed by atoms with Crippen LogP contribution < -0.4 is 10.6 Å². The zero-order valence-electron chi connectivity index (χ0n) is 12.8. The second-order valence-electron chi connectivity index (χ2n) is 5.23. The summed E-state index contributed by atoms with van der Waals surface area (Å²) in [6.07, 6.45) is 0.249. The molecule has 1 unspecified atom stereocenters. The minimum atomic E-state index is -0.0876. The van der Waals surface area contributed by atoms with Gasteiger partial charge in [0, 0.05) is 38.4 Å². The van der Waals surface area contributed by atoms with E-state index in [4.69, 9.17) is 4.74 Å². The Balaban J connectivity index is 0.00000242. The molecule has 0 radical (unpaired) electrons. The number of carbonyl (C=O) groups excluding carboxylic acids is 2. The van der Waals surface area contributed by atoms with Gasteiger partial charge in [0.15, 0.2) is 0 Å². The number of amides is 2. The molecule has 0 aliphatic carbocycles. The Labute approximate surface area is 136 Å². The normalized spacial score (nSPS) is 17.3. The molecule has 1 fully saturated rings. The van der Waals surface area contributed by atoms with Gasteiger partial charge in [-0.3, -0.25) is 9.59 Å². The van der Waals surface area contributed by atoms with Crippen LogP contribution in [-0.2, 0) is 9.53 Å². The number of nitrogens with zero attached hydrogens (tertiary/aromatic N) is 1. The van der Waals surface area contributed by atoms with Crippen LogP contribution in [0, 0.1) is 0 Å². The molecule has 1 aliphatic heterocycles. The van der Waals surface area contributed by atoms with E-state index in [2.05, 4.69) is 10.6 Å². The molecule has 1 atom stereocenters. The first kappa shape index (κ1) is 18.4. The Hall–Kier alpha value is -1.63. The zero-order valence-corrected chi connectivity index (χ0v) is 13.6. The number of rotatable bonds is 4. The molecule has 2 amide bonds. The van der Waals surface area contributed by atoms with Gasteiger partial charge in [0.25, 0.3) is 5.91 Å². The second-order valence-corrected chi connectivity index (χ2v) is 5.23. The lowest BCUT2D eigenvalue weighted by molar-refractivity contribution is -0.119. The number of benzene rings is 1.